The summed E-state index contributed by atoms with van der Waals surface area (Å²) in [7, 11) is 0. The van der Waals surface area contributed by atoms with E-state index >= 15 is 0 Å². The highest BCUT2D eigenvalue weighted by Crippen LogP contribution is 2.36. The summed E-state index contributed by atoms with van der Waals surface area (Å²) in [4.78, 5) is 15.4. The van der Waals surface area contributed by atoms with E-state index in [0.29, 0.717) is 11.5 Å². The van der Waals surface area contributed by atoms with Crippen LogP contribution in [0.15, 0.2) is 40.9 Å². The molecule has 1 saturated heterocycles. The predicted molar refractivity (Wildman–Crippen MR) is 127 cm³/mol. The molecule has 0 unspecified atom stereocenters. The van der Waals surface area contributed by atoms with Gasteiger partial charge in [-0.15, -0.1) is 0 Å². The smallest absolute Gasteiger partial charge is 0.256 e. The van der Waals surface area contributed by atoms with Crippen LogP contribution in [0.3, 0.4) is 0 Å². The summed E-state index contributed by atoms with van der Waals surface area (Å²) in [5, 5.41) is 12.0. The summed E-state index contributed by atoms with van der Waals surface area (Å²) in [5.41, 5.74) is 3.60. The van der Waals surface area contributed by atoms with E-state index in [0.717, 1.165) is 30.7 Å². The van der Waals surface area contributed by atoms with Gasteiger partial charge in [-0.2, -0.15) is 5.10 Å². The van der Waals surface area contributed by atoms with Gasteiger partial charge >= 0.3 is 0 Å². The Morgan fingerprint density at radius 3 is 2.72 bits per heavy atom. The largest absolute Gasteiger partial charge is 0.322 e. The number of halogens is 2. The van der Waals surface area contributed by atoms with Gasteiger partial charge in [0.2, 0.25) is 0 Å². The molecule has 1 saturated carbocycles. The van der Waals surface area contributed by atoms with Crippen LogP contribution in [0, 0.1) is 3.57 Å². The highest BCUT2D eigenvalue weighted by atomic mass is 127. The number of hydrogen-bond donors (Lipinski definition) is 2. The lowest BCUT2D eigenvalue weighted by molar-refractivity contribution is 0.102. The van der Waals surface area contributed by atoms with Crippen LogP contribution in [-0.2, 0) is 0 Å². The molecule has 0 spiro atoms. The Balaban J connectivity index is 1.36. The maximum absolute atomic E-state index is 12.8. The zero-order chi connectivity index (χ0) is 20.0. The van der Waals surface area contributed by atoms with Gasteiger partial charge < -0.3 is 10.2 Å². The van der Waals surface area contributed by atoms with Crippen molar-refractivity contribution in [3.63, 3.8) is 0 Å². The van der Waals surface area contributed by atoms with Crippen LogP contribution >= 0.6 is 38.5 Å². The van der Waals surface area contributed by atoms with Gasteiger partial charge in [0.15, 0.2) is 0 Å². The number of piperidine rings is 1. The molecular weight excluding hydrogens is 543 g/mol. The Bertz CT molecular complexity index is 1070. The molecule has 5 nitrogen and oxygen atoms in total. The summed E-state index contributed by atoms with van der Waals surface area (Å²) in [6.45, 7) is 2.35. The molecule has 0 bridgehead atoms. The van der Waals surface area contributed by atoms with E-state index in [-0.39, 0.29) is 5.91 Å². The molecule has 150 valence electrons. The van der Waals surface area contributed by atoms with E-state index in [1.54, 1.807) is 0 Å². The number of amides is 1. The summed E-state index contributed by atoms with van der Waals surface area (Å²) >= 11 is 5.74. The lowest BCUT2D eigenvalue weighted by Crippen LogP contribution is -2.34. The molecular formula is C22H22BrIN4O. The van der Waals surface area contributed by atoms with E-state index in [9.17, 15) is 4.79 Å². The maximum Gasteiger partial charge on any atom is 0.256 e. The first kappa shape index (κ1) is 19.5. The first-order valence-electron chi connectivity index (χ1n) is 10.1. The van der Waals surface area contributed by atoms with Crippen molar-refractivity contribution in [3.8, 4) is 0 Å². The molecule has 2 aliphatic rings. The van der Waals surface area contributed by atoms with Gasteiger partial charge in [-0.05, 0) is 108 Å². The number of benzene rings is 2. The molecule has 7 heteroatoms. The molecule has 5 rings (SSSR count). The van der Waals surface area contributed by atoms with Crippen LogP contribution in [-0.4, -0.2) is 40.1 Å². The number of rotatable bonds is 4. The predicted octanol–water partition coefficient (Wildman–Crippen LogP) is 5.52. The third kappa shape index (κ3) is 3.96. The molecule has 0 atom stereocenters. The van der Waals surface area contributed by atoms with E-state index in [2.05, 4.69) is 65.0 Å². The van der Waals surface area contributed by atoms with Crippen molar-refractivity contribution in [2.75, 3.05) is 18.4 Å². The molecule has 1 aromatic heterocycles. The second-order valence-electron chi connectivity index (χ2n) is 7.97. The standard InChI is InChI=1S/C22H22BrIN4O/c23-20-16(2-1-3-18(20)24)22(29)25-14-4-7-19-17(12-14)21(27-26-19)13-8-10-28(11-9-13)15-5-6-15/h1-4,7,12-13,15H,5-6,8-11H2,(H,25,29)(H,26,27). The van der Waals surface area contributed by atoms with Crippen molar-refractivity contribution in [2.24, 2.45) is 0 Å². The lowest BCUT2D eigenvalue weighted by atomic mass is 9.91. The number of hydrogen-bond acceptors (Lipinski definition) is 3. The van der Waals surface area contributed by atoms with E-state index in [1.165, 1.54) is 44.5 Å². The SMILES string of the molecule is O=C(Nc1ccc2n[nH]c(C3CCN(C4CC4)CC3)c2c1)c1cccc(I)c1Br. The first-order chi connectivity index (χ1) is 14.1. The normalized spacial score (nSPS) is 18.3. The fraction of sp³-hybridized carbons (Fsp3) is 0.364. The zero-order valence-corrected chi connectivity index (χ0v) is 19.7. The number of nitrogens with zero attached hydrogens (tertiary/aromatic N) is 2. The maximum atomic E-state index is 12.8. The molecule has 29 heavy (non-hydrogen) atoms. The Morgan fingerprint density at radius 1 is 1.17 bits per heavy atom. The van der Waals surface area contributed by atoms with Crippen molar-refractivity contribution < 1.29 is 4.79 Å². The number of carbonyl (C=O) groups excluding carboxylic acids is 1. The van der Waals surface area contributed by atoms with Gasteiger partial charge in [-0.3, -0.25) is 9.89 Å². The summed E-state index contributed by atoms with van der Waals surface area (Å²) in [6, 6.07) is 12.5. The minimum atomic E-state index is -0.113. The minimum Gasteiger partial charge on any atom is -0.322 e. The molecule has 1 amide bonds. The molecule has 1 aliphatic heterocycles. The van der Waals surface area contributed by atoms with E-state index < -0.39 is 0 Å². The van der Waals surface area contributed by atoms with Crippen molar-refractivity contribution in [3.05, 3.63) is 55.7 Å². The molecule has 3 aromatic rings. The van der Waals surface area contributed by atoms with Crippen LogP contribution in [0.2, 0.25) is 0 Å². The van der Waals surface area contributed by atoms with Crippen LogP contribution in [0.25, 0.3) is 10.9 Å². The summed E-state index contributed by atoms with van der Waals surface area (Å²) in [6.07, 6.45) is 5.08. The summed E-state index contributed by atoms with van der Waals surface area (Å²) in [5.74, 6) is 0.392. The number of aromatic nitrogens is 2. The number of carbonyl (C=O) groups is 1. The highest BCUT2D eigenvalue weighted by Gasteiger charge is 2.33. The van der Waals surface area contributed by atoms with Crippen LogP contribution in [0.5, 0.6) is 0 Å². The Kier molecular flexibility index (Phi) is 5.38. The third-order valence-electron chi connectivity index (χ3n) is 6.04. The second kappa shape index (κ2) is 8.00. The van der Waals surface area contributed by atoms with E-state index in [4.69, 9.17) is 0 Å². The van der Waals surface area contributed by atoms with Gasteiger partial charge in [0.25, 0.3) is 5.91 Å². The average Bonchev–Trinajstić information content (AvgIpc) is 3.50. The highest BCUT2D eigenvalue weighted by molar-refractivity contribution is 14.1. The number of aromatic amines is 1. The van der Waals surface area contributed by atoms with Gasteiger partial charge in [0.05, 0.1) is 11.1 Å². The monoisotopic (exact) mass is 564 g/mol. The molecule has 2 aromatic carbocycles. The number of anilines is 1. The third-order valence-corrected chi connectivity index (χ3v) is 8.53. The quantitative estimate of drug-likeness (QED) is 0.410. The minimum absolute atomic E-state index is 0.113. The van der Waals surface area contributed by atoms with Crippen LogP contribution < -0.4 is 5.32 Å². The molecule has 2 heterocycles. The van der Waals surface area contributed by atoms with Crippen molar-refractivity contribution in [2.45, 2.75) is 37.6 Å². The first-order valence-corrected chi connectivity index (χ1v) is 11.9. The molecule has 0 radical (unpaired) electrons. The zero-order valence-electron chi connectivity index (χ0n) is 15.9. The van der Waals surface area contributed by atoms with E-state index in [1.807, 2.05) is 30.3 Å². The van der Waals surface area contributed by atoms with Crippen molar-refractivity contribution >= 4 is 61.0 Å². The van der Waals surface area contributed by atoms with Crippen LogP contribution in [0.1, 0.15) is 47.7 Å². The molecule has 2 N–H and O–H groups in total. The number of H-pyrrole nitrogens is 1. The van der Waals surface area contributed by atoms with Gasteiger partial charge in [0.1, 0.15) is 0 Å². The van der Waals surface area contributed by atoms with Crippen molar-refractivity contribution in [1.29, 1.82) is 0 Å². The average molecular weight is 565 g/mol. The second-order valence-corrected chi connectivity index (χ2v) is 9.92. The Morgan fingerprint density at radius 2 is 1.97 bits per heavy atom. The number of nitrogens with one attached hydrogen (secondary N) is 2. The lowest BCUT2D eigenvalue weighted by Gasteiger charge is -2.31. The fourth-order valence-electron chi connectivity index (χ4n) is 4.29. The number of fused-ring (bicyclic) bond motifs is 1. The number of likely N-dealkylation sites (tertiary alicyclic amines) is 1. The van der Waals surface area contributed by atoms with Gasteiger partial charge in [-0.1, -0.05) is 6.07 Å². The Labute approximate surface area is 191 Å². The summed E-state index contributed by atoms with van der Waals surface area (Å²) < 4.78 is 1.84. The molecule has 2 fully saturated rings. The van der Waals surface area contributed by atoms with Crippen molar-refractivity contribution in [1.82, 2.24) is 15.1 Å². The Hall–Kier alpha value is -1.45. The topological polar surface area (TPSA) is 61.0 Å². The molecule has 1 aliphatic carbocycles. The van der Waals surface area contributed by atoms with Crippen LogP contribution in [0.4, 0.5) is 5.69 Å². The van der Waals surface area contributed by atoms with Gasteiger partial charge in [-0.25, -0.2) is 0 Å². The fourth-order valence-corrected chi connectivity index (χ4v) is 5.23. The van der Waals surface area contributed by atoms with Gasteiger partial charge in [0, 0.05) is 36.8 Å².